The third kappa shape index (κ3) is 4.47. The summed E-state index contributed by atoms with van der Waals surface area (Å²) < 4.78 is 47.6. The average Bonchev–Trinajstić information content (AvgIpc) is 3.15. The minimum atomic E-state index is -4.72. The lowest BCUT2D eigenvalue weighted by molar-refractivity contribution is -0.138. The Kier molecular flexibility index (Phi) is 6.02. The molecule has 2 aromatic rings. The molecule has 0 spiro atoms. The van der Waals surface area contributed by atoms with Gasteiger partial charge in [-0.3, -0.25) is 4.68 Å². The van der Waals surface area contributed by atoms with Crippen LogP contribution in [0.5, 0.6) is 0 Å². The second kappa shape index (κ2) is 8.32. The van der Waals surface area contributed by atoms with Gasteiger partial charge in [0.05, 0.1) is 12.2 Å². The predicted octanol–water partition coefficient (Wildman–Crippen LogP) is 5.39. The van der Waals surface area contributed by atoms with Crippen molar-refractivity contribution in [2.75, 3.05) is 0 Å². The van der Waals surface area contributed by atoms with Gasteiger partial charge >= 0.3 is 12.1 Å². The zero-order chi connectivity index (χ0) is 21.1. The molecule has 7 heteroatoms. The van der Waals surface area contributed by atoms with E-state index in [0.717, 1.165) is 29.5 Å². The van der Waals surface area contributed by atoms with E-state index in [-0.39, 0.29) is 0 Å². The standard InChI is InChI=1S/C22H23F3N2O2/c1-3-12-21(13-8-5-9-14-21)29-20(28)19-18(22(23,24)25)15-26-27(19)16(2)17-10-6-4-7-11-17/h4,6-7,10-11,15-16H,5,8-9,13-14H2,1-2H3/t16-/m1/s1. The van der Waals surface area contributed by atoms with Crippen LogP contribution in [0.3, 0.4) is 0 Å². The molecule has 3 rings (SSSR count). The van der Waals surface area contributed by atoms with Crippen LogP contribution in [0.2, 0.25) is 0 Å². The van der Waals surface area contributed by atoms with E-state index >= 15 is 0 Å². The topological polar surface area (TPSA) is 44.1 Å². The molecule has 0 saturated heterocycles. The second-order valence-corrected chi connectivity index (χ2v) is 7.26. The van der Waals surface area contributed by atoms with Crippen molar-refractivity contribution >= 4 is 5.97 Å². The molecule has 0 radical (unpaired) electrons. The van der Waals surface area contributed by atoms with Crippen molar-refractivity contribution < 1.29 is 22.7 Å². The predicted molar refractivity (Wildman–Crippen MR) is 102 cm³/mol. The Labute approximate surface area is 168 Å². The van der Waals surface area contributed by atoms with Crippen molar-refractivity contribution in [2.24, 2.45) is 0 Å². The zero-order valence-corrected chi connectivity index (χ0v) is 16.4. The number of esters is 1. The molecule has 1 aromatic carbocycles. The molecule has 1 aliphatic rings. The molecule has 154 valence electrons. The first kappa shape index (κ1) is 21.0. The van der Waals surface area contributed by atoms with E-state index < -0.39 is 35.0 Å². The van der Waals surface area contributed by atoms with Crippen molar-refractivity contribution in [3.8, 4) is 11.8 Å². The van der Waals surface area contributed by atoms with Crippen molar-refractivity contribution in [1.29, 1.82) is 0 Å². The molecule has 1 aromatic heterocycles. The first-order valence-electron chi connectivity index (χ1n) is 9.64. The Morgan fingerprint density at radius 2 is 1.86 bits per heavy atom. The largest absolute Gasteiger partial charge is 0.441 e. The molecule has 1 aliphatic carbocycles. The summed E-state index contributed by atoms with van der Waals surface area (Å²) in [5, 5.41) is 3.90. The van der Waals surface area contributed by atoms with E-state index in [1.165, 1.54) is 0 Å². The van der Waals surface area contributed by atoms with Gasteiger partial charge < -0.3 is 4.74 Å². The number of benzene rings is 1. The summed E-state index contributed by atoms with van der Waals surface area (Å²) in [5.74, 6) is 4.65. The Bertz CT molecular complexity index is 917. The van der Waals surface area contributed by atoms with Crippen LogP contribution in [-0.2, 0) is 10.9 Å². The molecule has 0 N–H and O–H groups in total. The van der Waals surface area contributed by atoms with Crippen LogP contribution in [0.15, 0.2) is 36.5 Å². The van der Waals surface area contributed by atoms with Crippen LogP contribution < -0.4 is 0 Å². The van der Waals surface area contributed by atoms with Gasteiger partial charge in [-0.2, -0.15) is 18.3 Å². The number of carbonyl (C=O) groups is 1. The number of halogens is 3. The van der Waals surface area contributed by atoms with Crippen LogP contribution in [0.4, 0.5) is 13.2 Å². The summed E-state index contributed by atoms with van der Waals surface area (Å²) in [5.41, 5.74) is -1.99. The second-order valence-electron chi connectivity index (χ2n) is 7.26. The van der Waals surface area contributed by atoms with E-state index in [2.05, 4.69) is 16.9 Å². The highest BCUT2D eigenvalue weighted by Gasteiger charge is 2.42. The molecule has 1 fully saturated rings. The Hall–Kier alpha value is -2.75. The number of hydrogen-bond acceptors (Lipinski definition) is 3. The highest BCUT2D eigenvalue weighted by atomic mass is 19.4. The monoisotopic (exact) mass is 404 g/mol. The fourth-order valence-corrected chi connectivity index (χ4v) is 3.77. The van der Waals surface area contributed by atoms with E-state index in [4.69, 9.17) is 4.74 Å². The van der Waals surface area contributed by atoms with Gasteiger partial charge in [0.2, 0.25) is 0 Å². The van der Waals surface area contributed by atoms with Crippen LogP contribution in [0.25, 0.3) is 0 Å². The number of rotatable bonds is 4. The van der Waals surface area contributed by atoms with E-state index in [1.54, 1.807) is 38.1 Å². The maximum atomic E-state index is 13.6. The molecular formula is C22H23F3N2O2. The molecule has 0 unspecified atom stereocenters. The van der Waals surface area contributed by atoms with Crippen LogP contribution in [0.1, 0.15) is 73.6 Å². The fourth-order valence-electron chi connectivity index (χ4n) is 3.77. The van der Waals surface area contributed by atoms with E-state index in [9.17, 15) is 18.0 Å². The maximum absolute atomic E-state index is 13.6. The quantitative estimate of drug-likeness (QED) is 0.507. The van der Waals surface area contributed by atoms with Gasteiger partial charge in [-0.05, 0) is 45.1 Å². The molecule has 0 bridgehead atoms. The van der Waals surface area contributed by atoms with Crippen molar-refractivity contribution in [3.05, 3.63) is 53.3 Å². The van der Waals surface area contributed by atoms with Crippen LogP contribution in [0, 0.1) is 11.8 Å². The van der Waals surface area contributed by atoms with Gasteiger partial charge in [0.25, 0.3) is 0 Å². The molecule has 29 heavy (non-hydrogen) atoms. The summed E-state index contributed by atoms with van der Waals surface area (Å²) in [6.45, 7) is 3.33. The van der Waals surface area contributed by atoms with Crippen molar-refractivity contribution in [3.63, 3.8) is 0 Å². The third-order valence-electron chi connectivity index (χ3n) is 5.25. The van der Waals surface area contributed by atoms with E-state index in [1.807, 2.05) is 6.07 Å². The van der Waals surface area contributed by atoms with Gasteiger partial charge in [-0.15, -0.1) is 5.92 Å². The lowest BCUT2D eigenvalue weighted by atomic mass is 9.85. The Morgan fingerprint density at radius 3 is 2.45 bits per heavy atom. The van der Waals surface area contributed by atoms with Gasteiger partial charge in [0, 0.05) is 0 Å². The molecule has 1 atom stereocenters. The van der Waals surface area contributed by atoms with Crippen LogP contribution >= 0.6 is 0 Å². The van der Waals surface area contributed by atoms with Crippen molar-refractivity contribution in [2.45, 2.75) is 63.8 Å². The number of hydrogen-bond donors (Lipinski definition) is 0. The molecule has 1 saturated carbocycles. The van der Waals surface area contributed by atoms with Crippen molar-refractivity contribution in [1.82, 2.24) is 9.78 Å². The smallest absolute Gasteiger partial charge is 0.420 e. The summed E-state index contributed by atoms with van der Waals surface area (Å²) >= 11 is 0. The van der Waals surface area contributed by atoms with Gasteiger partial charge in [-0.1, -0.05) is 42.7 Å². The van der Waals surface area contributed by atoms with Gasteiger partial charge in [0.1, 0.15) is 5.56 Å². The lowest BCUT2D eigenvalue weighted by Gasteiger charge is -2.32. The summed E-state index contributed by atoms with van der Waals surface area (Å²) in [6, 6.07) is 8.36. The summed E-state index contributed by atoms with van der Waals surface area (Å²) in [6.07, 6.45) is -0.385. The third-order valence-corrected chi connectivity index (χ3v) is 5.25. The number of ether oxygens (including phenoxy) is 1. The highest BCUT2D eigenvalue weighted by Crippen LogP contribution is 2.37. The normalized spacial score (nSPS) is 17.1. The SMILES string of the molecule is CC#CC1(OC(=O)c2c(C(F)(F)F)cnn2[C@H](C)c2ccccc2)CCCCC1. The minimum Gasteiger partial charge on any atom is -0.441 e. The summed E-state index contributed by atoms with van der Waals surface area (Å²) in [4.78, 5) is 13.0. The van der Waals surface area contributed by atoms with Gasteiger partial charge in [0.15, 0.2) is 11.3 Å². The van der Waals surface area contributed by atoms with Crippen LogP contribution in [-0.4, -0.2) is 21.4 Å². The Morgan fingerprint density at radius 1 is 1.21 bits per heavy atom. The fraction of sp³-hybridized carbons (Fsp3) is 0.455. The lowest BCUT2D eigenvalue weighted by Crippen LogP contribution is -2.37. The van der Waals surface area contributed by atoms with E-state index in [0.29, 0.717) is 19.0 Å². The number of nitrogens with zero attached hydrogens (tertiary/aromatic N) is 2. The number of alkyl halides is 3. The maximum Gasteiger partial charge on any atom is 0.420 e. The average molecular weight is 404 g/mol. The van der Waals surface area contributed by atoms with Gasteiger partial charge in [-0.25, -0.2) is 4.79 Å². The molecule has 1 heterocycles. The Balaban J connectivity index is 2.02. The number of aromatic nitrogens is 2. The minimum absolute atomic E-state index is 0.517. The number of carbonyl (C=O) groups excluding carboxylic acids is 1. The molecule has 0 aliphatic heterocycles. The first-order chi connectivity index (χ1) is 13.8. The zero-order valence-electron chi connectivity index (χ0n) is 16.4. The summed E-state index contributed by atoms with van der Waals surface area (Å²) in [7, 11) is 0. The highest BCUT2D eigenvalue weighted by molar-refractivity contribution is 5.90. The molecule has 0 amide bonds. The first-order valence-corrected chi connectivity index (χ1v) is 9.64. The molecular weight excluding hydrogens is 381 g/mol. The molecule has 4 nitrogen and oxygen atoms in total.